The van der Waals surface area contributed by atoms with Crippen molar-refractivity contribution >= 4 is 68.8 Å². The molecule has 1 aliphatic heterocycles. The van der Waals surface area contributed by atoms with Crippen LogP contribution in [-0.4, -0.2) is 8.07 Å². The molecule has 3 aromatic rings. The summed E-state index contributed by atoms with van der Waals surface area (Å²) in [5, 5.41) is 1.47. The molecule has 2 nitrogen and oxygen atoms in total. The second-order valence-corrected chi connectivity index (χ2v) is 14.7. The van der Waals surface area contributed by atoms with Gasteiger partial charge in [-0.1, -0.05) is 52.9 Å². The molecule has 26 heavy (non-hydrogen) atoms. The van der Waals surface area contributed by atoms with Crippen molar-refractivity contribution in [1.82, 2.24) is 0 Å². The van der Waals surface area contributed by atoms with Crippen molar-refractivity contribution < 1.29 is 4.74 Å². The van der Waals surface area contributed by atoms with Gasteiger partial charge in [-0.3, -0.25) is 0 Å². The van der Waals surface area contributed by atoms with E-state index in [-0.39, 0.29) is 0 Å². The molecule has 5 heteroatoms. The van der Waals surface area contributed by atoms with Gasteiger partial charge in [-0.05, 0) is 71.1 Å². The highest BCUT2D eigenvalue weighted by atomic mass is 127. The average molecular weight is 536 g/mol. The molecule has 132 valence electrons. The van der Waals surface area contributed by atoms with Gasteiger partial charge in [0.25, 0.3) is 0 Å². The van der Waals surface area contributed by atoms with Gasteiger partial charge in [0.1, 0.15) is 0 Å². The van der Waals surface area contributed by atoms with Crippen molar-refractivity contribution in [2.45, 2.75) is 19.6 Å². The van der Waals surface area contributed by atoms with E-state index in [0.29, 0.717) is 0 Å². The quantitative estimate of drug-likeness (QED) is 0.199. The van der Waals surface area contributed by atoms with Crippen LogP contribution in [0.2, 0.25) is 19.6 Å². The maximum atomic E-state index is 6.20. The SMILES string of the molecule is C[Si](C)(C)c1ccc(N2c3ccc(Br)cc3Oc3cc(I)ccc32)cc1. The third-order valence-electron chi connectivity index (χ3n) is 4.54. The Labute approximate surface area is 177 Å². The van der Waals surface area contributed by atoms with Crippen LogP contribution in [0.4, 0.5) is 17.1 Å². The molecule has 0 fully saturated rings. The maximum absolute atomic E-state index is 6.20. The molecular formula is C21H19BrINOSi. The molecule has 0 N–H and O–H groups in total. The number of ether oxygens (including phenoxy) is 1. The summed E-state index contributed by atoms with van der Waals surface area (Å²) in [6.07, 6.45) is 0. The molecule has 0 aromatic heterocycles. The Hall–Kier alpha value is -1.31. The van der Waals surface area contributed by atoms with Crippen molar-refractivity contribution in [2.24, 2.45) is 0 Å². The van der Waals surface area contributed by atoms with E-state index in [9.17, 15) is 0 Å². The second kappa shape index (κ2) is 6.69. The van der Waals surface area contributed by atoms with E-state index in [1.807, 2.05) is 6.07 Å². The third-order valence-corrected chi connectivity index (χ3v) is 7.77. The first-order valence-corrected chi connectivity index (χ1v) is 13.9. The Morgan fingerprint density at radius 2 is 1.46 bits per heavy atom. The van der Waals surface area contributed by atoms with E-state index in [4.69, 9.17) is 4.74 Å². The van der Waals surface area contributed by atoms with Gasteiger partial charge >= 0.3 is 0 Å². The van der Waals surface area contributed by atoms with E-state index in [1.54, 1.807) is 0 Å². The molecule has 0 unspecified atom stereocenters. The molecule has 0 radical (unpaired) electrons. The van der Waals surface area contributed by atoms with Crippen LogP contribution < -0.4 is 14.8 Å². The van der Waals surface area contributed by atoms with Crippen LogP contribution in [0, 0.1) is 3.57 Å². The lowest BCUT2D eigenvalue weighted by Gasteiger charge is -2.33. The smallest absolute Gasteiger partial charge is 0.152 e. The highest BCUT2D eigenvalue weighted by Crippen LogP contribution is 2.51. The lowest BCUT2D eigenvalue weighted by molar-refractivity contribution is 0.476. The fourth-order valence-corrected chi connectivity index (χ4v) is 5.12. The number of benzene rings is 3. The summed E-state index contributed by atoms with van der Waals surface area (Å²) in [5.41, 5.74) is 3.28. The molecule has 0 spiro atoms. The molecule has 0 bridgehead atoms. The van der Waals surface area contributed by atoms with E-state index >= 15 is 0 Å². The van der Waals surface area contributed by atoms with Crippen molar-refractivity contribution in [3.05, 3.63) is 68.7 Å². The maximum Gasteiger partial charge on any atom is 0.152 e. The molecule has 0 aliphatic carbocycles. The predicted octanol–water partition coefficient (Wildman–Crippen LogP) is 7.17. The lowest BCUT2D eigenvalue weighted by atomic mass is 10.1. The van der Waals surface area contributed by atoms with Crippen LogP contribution in [0.5, 0.6) is 11.5 Å². The number of hydrogen-bond acceptors (Lipinski definition) is 2. The summed E-state index contributed by atoms with van der Waals surface area (Å²) in [4.78, 5) is 2.28. The zero-order valence-electron chi connectivity index (χ0n) is 14.9. The Morgan fingerprint density at radius 1 is 0.846 bits per heavy atom. The van der Waals surface area contributed by atoms with Crippen LogP contribution in [0.1, 0.15) is 0 Å². The van der Waals surface area contributed by atoms with Gasteiger partial charge in [0.15, 0.2) is 11.5 Å². The molecule has 1 aliphatic rings. The van der Waals surface area contributed by atoms with Gasteiger partial charge in [-0.25, -0.2) is 0 Å². The molecule has 0 amide bonds. The molecule has 4 rings (SSSR count). The monoisotopic (exact) mass is 535 g/mol. The zero-order valence-corrected chi connectivity index (χ0v) is 19.6. The number of fused-ring (bicyclic) bond motifs is 2. The number of hydrogen-bond donors (Lipinski definition) is 0. The van der Waals surface area contributed by atoms with E-state index in [0.717, 1.165) is 36.6 Å². The summed E-state index contributed by atoms with van der Waals surface area (Å²) in [6, 6.07) is 21.5. The second-order valence-electron chi connectivity index (χ2n) is 7.46. The number of halogens is 2. The highest BCUT2D eigenvalue weighted by Gasteiger charge is 2.26. The summed E-state index contributed by atoms with van der Waals surface area (Å²) in [6.45, 7) is 7.13. The summed E-state index contributed by atoms with van der Waals surface area (Å²) >= 11 is 5.88. The minimum Gasteiger partial charge on any atom is -0.453 e. The van der Waals surface area contributed by atoms with Gasteiger partial charge in [0.2, 0.25) is 0 Å². The number of anilines is 3. The Balaban J connectivity index is 1.88. The summed E-state index contributed by atoms with van der Waals surface area (Å²) in [7, 11) is -1.31. The third kappa shape index (κ3) is 3.32. The topological polar surface area (TPSA) is 12.5 Å². The van der Waals surface area contributed by atoms with Gasteiger partial charge in [-0.2, -0.15) is 0 Å². The van der Waals surface area contributed by atoms with E-state index in [1.165, 1.54) is 5.19 Å². The average Bonchev–Trinajstić information content (AvgIpc) is 2.59. The van der Waals surface area contributed by atoms with Crippen molar-refractivity contribution in [3.8, 4) is 11.5 Å². The molecule has 1 heterocycles. The lowest BCUT2D eigenvalue weighted by Crippen LogP contribution is -2.37. The van der Waals surface area contributed by atoms with Crippen molar-refractivity contribution in [2.75, 3.05) is 4.90 Å². The molecular weight excluding hydrogens is 517 g/mol. The molecule has 3 aromatic carbocycles. The van der Waals surface area contributed by atoms with Crippen molar-refractivity contribution in [3.63, 3.8) is 0 Å². The van der Waals surface area contributed by atoms with Crippen LogP contribution in [-0.2, 0) is 0 Å². The molecule has 0 atom stereocenters. The molecule has 0 saturated carbocycles. The highest BCUT2D eigenvalue weighted by molar-refractivity contribution is 14.1. The fourth-order valence-electron chi connectivity index (χ4n) is 3.15. The van der Waals surface area contributed by atoms with Gasteiger partial charge < -0.3 is 9.64 Å². The van der Waals surface area contributed by atoms with E-state index < -0.39 is 8.07 Å². The van der Waals surface area contributed by atoms with Gasteiger partial charge in [-0.15, -0.1) is 0 Å². The summed E-state index contributed by atoms with van der Waals surface area (Å²) < 4.78 is 8.37. The first kappa shape index (κ1) is 18.1. The van der Waals surface area contributed by atoms with E-state index in [2.05, 4.69) is 118 Å². The van der Waals surface area contributed by atoms with Crippen LogP contribution in [0.3, 0.4) is 0 Å². The number of rotatable bonds is 2. The minimum absolute atomic E-state index is 0.864. The first-order valence-electron chi connectivity index (χ1n) is 8.50. The Bertz CT molecular complexity index is 931. The van der Waals surface area contributed by atoms with Crippen molar-refractivity contribution in [1.29, 1.82) is 0 Å². The largest absolute Gasteiger partial charge is 0.453 e. The first-order chi connectivity index (χ1) is 12.3. The summed E-state index contributed by atoms with van der Waals surface area (Å²) in [5.74, 6) is 1.75. The zero-order chi connectivity index (χ0) is 18.5. The van der Waals surface area contributed by atoms with Gasteiger partial charge in [0, 0.05) is 13.7 Å². The standard InChI is InChI=1S/C21H19BrINOSi/c1-26(2,3)17-8-6-16(7-9-17)24-18-10-4-14(22)12-20(18)25-21-13-15(23)5-11-19(21)24/h4-13H,1-3H3. The van der Waals surface area contributed by atoms with Crippen LogP contribution >= 0.6 is 38.5 Å². The van der Waals surface area contributed by atoms with Crippen LogP contribution in [0.25, 0.3) is 0 Å². The Kier molecular flexibility index (Phi) is 4.65. The predicted molar refractivity (Wildman–Crippen MR) is 125 cm³/mol. The normalized spacial score (nSPS) is 13.0. The minimum atomic E-state index is -1.31. The van der Waals surface area contributed by atoms with Crippen LogP contribution in [0.15, 0.2) is 65.1 Å². The Morgan fingerprint density at radius 3 is 2.12 bits per heavy atom. The van der Waals surface area contributed by atoms with Gasteiger partial charge in [0.05, 0.1) is 19.4 Å². The molecule has 0 saturated heterocycles. The number of nitrogens with zero attached hydrogens (tertiary/aromatic N) is 1. The fraction of sp³-hybridized carbons (Fsp3) is 0.143.